The lowest BCUT2D eigenvalue weighted by molar-refractivity contribution is -0.128. The van der Waals surface area contributed by atoms with Crippen molar-refractivity contribution in [2.75, 3.05) is 0 Å². The van der Waals surface area contributed by atoms with E-state index in [1.165, 1.54) is 43.3 Å². The molecule has 34 heavy (non-hydrogen) atoms. The third-order valence-electron chi connectivity index (χ3n) is 4.86. The highest BCUT2D eigenvalue weighted by atomic mass is 32.2. The van der Waals surface area contributed by atoms with Gasteiger partial charge in [0.25, 0.3) is 11.8 Å². The fraction of sp³-hybridized carbons (Fsp3) is 0.167. The van der Waals surface area contributed by atoms with E-state index >= 15 is 0 Å². The minimum atomic E-state index is -3.90. The number of hydrazine groups is 1. The van der Waals surface area contributed by atoms with Crippen LogP contribution in [0.2, 0.25) is 0 Å². The molecule has 3 aromatic rings. The number of amides is 2. The van der Waals surface area contributed by atoms with Gasteiger partial charge < -0.3 is 4.74 Å². The highest BCUT2D eigenvalue weighted by Gasteiger charge is 2.21. The Bertz CT molecular complexity index is 1280. The van der Waals surface area contributed by atoms with E-state index in [1.54, 1.807) is 37.3 Å². The second kappa shape index (κ2) is 10.9. The van der Waals surface area contributed by atoms with E-state index in [2.05, 4.69) is 15.6 Å². The van der Waals surface area contributed by atoms with Crippen LogP contribution in [-0.2, 0) is 21.4 Å². The number of hydrogen-bond donors (Lipinski definition) is 3. The molecule has 0 saturated heterocycles. The molecule has 0 bridgehead atoms. The Morgan fingerprint density at radius 1 is 0.971 bits per heavy atom. The van der Waals surface area contributed by atoms with Gasteiger partial charge in [-0.25, -0.2) is 17.5 Å². The smallest absolute Gasteiger partial charge is 0.279 e. The Balaban J connectivity index is 1.63. The zero-order chi connectivity index (χ0) is 24.7. The Hall–Kier alpha value is -3.76. The maximum Gasteiger partial charge on any atom is 0.279 e. The molecule has 2 amide bonds. The number of para-hydroxylation sites is 1. The van der Waals surface area contributed by atoms with Crippen molar-refractivity contribution in [1.82, 2.24) is 15.6 Å². The van der Waals surface area contributed by atoms with Gasteiger partial charge >= 0.3 is 0 Å². The highest BCUT2D eigenvalue weighted by molar-refractivity contribution is 7.89. The highest BCUT2D eigenvalue weighted by Crippen LogP contribution is 2.18. The predicted octanol–water partition coefficient (Wildman–Crippen LogP) is 2.84. The van der Waals surface area contributed by atoms with Crippen LogP contribution in [0.3, 0.4) is 0 Å². The van der Waals surface area contributed by atoms with Crippen molar-refractivity contribution in [3.05, 3.63) is 95.3 Å². The molecule has 1 atom stereocenters. The summed E-state index contributed by atoms with van der Waals surface area (Å²) in [5.41, 5.74) is 5.66. The molecule has 0 heterocycles. The van der Waals surface area contributed by atoms with Crippen molar-refractivity contribution in [2.24, 2.45) is 0 Å². The molecule has 8 nitrogen and oxygen atoms in total. The summed E-state index contributed by atoms with van der Waals surface area (Å²) >= 11 is 0. The Morgan fingerprint density at radius 2 is 1.65 bits per heavy atom. The standard InChI is InChI=1S/C24H24FN3O5S/c1-16-12-13-19(14-22(16)34(31,32)26-15-18-8-4-3-5-9-18)24(30)28-27-23(29)17(2)33-21-11-7-6-10-20(21)25/h3-14,17,26H,15H2,1-2H3,(H,27,29)(H,28,30). The first-order valence-electron chi connectivity index (χ1n) is 10.3. The zero-order valence-electron chi connectivity index (χ0n) is 18.5. The van der Waals surface area contributed by atoms with E-state index in [-0.39, 0.29) is 22.8 Å². The van der Waals surface area contributed by atoms with E-state index in [9.17, 15) is 22.4 Å². The molecule has 0 aliphatic heterocycles. The molecular weight excluding hydrogens is 461 g/mol. The molecule has 0 saturated carbocycles. The van der Waals surface area contributed by atoms with Gasteiger partial charge in [-0.05, 0) is 49.2 Å². The van der Waals surface area contributed by atoms with E-state index in [4.69, 9.17) is 4.74 Å². The molecule has 3 rings (SSSR count). The Kier molecular flexibility index (Phi) is 7.98. The number of rotatable bonds is 8. The van der Waals surface area contributed by atoms with Gasteiger partial charge in [0.15, 0.2) is 17.7 Å². The lowest BCUT2D eigenvalue weighted by Gasteiger charge is -2.16. The quantitative estimate of drug-likeness (QED) is 0.425. The van der Waals surface area contributed by atoms with E-state index in [0.29, 0.717) is 5.56 Å². The van der Waals surface area contributed by atoms with Gasteiger partial charge in [0, 0.05) is 12.1 Å². The Morgan fingerprint density at radius 3 is 2.35 bits per heavy atom. The van der Waals surface area contributed by atoms with Crippen molar-refractivity contribution in [3.8, 4) is 5.75 Å². The van der Waals surface area contributed by atoms with Gasteiger partial charge in [0.2, 0.25) is 10.0 Å². The molecule has 178 valence electrons. The van der Waals surface area contributed by atoms with Crippen LogP contribution >= 0.6 is 0 Å². The number of carbonyl (C=O) groups is 2. The fourth-order valence-corrected chi connectivity index (χ4v) is 4.25. The first kappa shape index (κ1) is 24.9. The van der Waals surface area contributed by atoms with Crippen LogP contribution in [0.5, 0.6) is 5.75 Å². The van der Waals surface area contributed by atoms with Gasteiger partial charge in [-0.15, -0.1) is 0 Å². The number of nitrogens with one attached hydrogen (secondary N) is 3. The van der Waals surface area contributed by atoms with E-state index < -0.39 is 33.8 Å². The maximum absolute atomic E-state index is 13.7. The summed E-state index contributed by atoms with van der Waals surface area (Å²) in [7, 11) is -3.90. The molecule has 0 spiro atoms. The maximum atomic E-state index is 13.7. The van der Waals surface area contributed by atoms with Gasteiger partial charge in [0.05, 0.1) is 4.90 Å². The summed E-state index contributed by atoms with van der Waals surface area (Å²) in [6.45, 7) is 3.10. The lowest BCUT2D eigenvalue weighted by atomic mass is 10.1. The summed E-state index contributed by atoms with van der Waals surface area (Å²) < 4.78 is 47.1. The third kappa shape index (κ3) is 6.40. The molecule has 0 aliphatic carbocycles. The van der Waals surface area contributed by atoms with Crippen LogP contribution < -0.4 is 20.3 Å². The summed E-state index contributed by atoms with van der Waals surface area (Å²) in [6, 6.07) is 18.8. The number of aryl methyl sites for hydroxylation is 1. The molecule has 1 unspecified atom stereocenters. The number of ether oxygens (including phenoxy) is 1. The van der Waals surface area contributed by atoms with Gasteiger partial charge in [-0.1, -0.05) is 48.5 Å². The monoisotopic (exact) mass is 485 g/mol. The minimum absolute atomic E-state index is 0.0219. The van der Waals surface area contributed by atoms with Crippen molar-refractivity contribution < 1.29 is 27.1 Å². The number of hydrogen-bond acceptors (Lipinski definition) is 5. The molecule has 3 aromatic carbocycles. The summed E-state index contributed by atoms with van der Waals surface area (Å²) in [6.07, 6.45) is -1.10. The number of carbonyl (C=O) groups excluding carboxylic acids is 2. The molecule has 0 aromatic heterocycles. The predicted molar refractivity (Wildman–Crippen MR) is 124 cm³/mol. The van der Waals surface area contributed by atoms with Gasteiger partial charge in [-0.3, -0.25) is 20.4 Å². The van der Waals surface area contributed by atoms with Gasteiger partial charge in [-0.2, -0.15) is 0 Å². The number of benzene rings is 3. The normalized spacial score (nSPS) is 12.0. The average molecular weight is 486 g/mol. The summed E-state index contributed by atoms with van der Waals surface area (Å²) in [5.74, 6) is -2.18. The largest absolute Gasteiger partial charge is 0.478 e. The first-order valence-corrected chi connectivity index (χ1v) is 11.8. The molecule has 3 N–H and O–H groups in total. The topological polar surface area (TPSA) is 114 Å². The number of halogens is 1. The van der Waals surface area contributed by atoms with Crippen LogP contribution in [0, 0.1) is 12.7 Å². The second-order valence-corrected chi connectivity index (χ2v) is 9.16. The van der Waals surface area contributed by atoms with Crippen LogP contribution in [0.15, 0.2) is 77.7 Å². The lowest BCUT2D eigenvalue weighted by Crippen LogP contribution is -2.47. The second-order valence-electron chi connectivity index (χ2n) is 7.42. The van der Waals surface area contributed by atoms with Crippen molar-refractivity contribution in [2.45, 2.75) is 31.4 Å². The van der Waals surface area contributed by atoms with Crippen LogP contribution in [0.1, 0.15) is 28.4 Å². The number of sulfonamides is 1. The first-order chi connectivity index (χ1) is 16.2. The summed E-state index contributed by atoms with van der Waals surface area (Å²) in [4.78, 5) is 24.7. The van der Waals surface area contributed by atoms with Crippen LogP contribution in [0.25, 0.3) is 0 Å². The molecule has 0 aliphatic rings. The zero-order valence-corrected chi connectivity index (χ0v) is 19.4. The molecular formula is C24H24FN3O5S. The van der Waals surface area contributed by atoms with Crippen molar-refractivity contribution in [1.29, 1.82) is 0 Å². The minimum Gasteiger partial charge on any atom is -0.478 e. The average Bonchev–Trinajstić information content (AvgIpc) is 2.83. The van der Waals surface area contributed by atoms with E-state index in [1.807, 2.05) is 6.07 Å². The summed E-state index contributed by atoms with van der Waals surface area (Å²) in [5, 5.41) is 0. The van der Waals surface area contributed by atoms with Crippen LogP contribution in [-0.4, -0.2) is 26.3 Å². The molecule has 10 heteroatoms. The van der Waals surface area contributed by atoms with Gasteiger partial charge in [0.1, 0.15) is 0 Å². The van der Waals surface area contributed by atoms with Crippen LogP contribution in [0.4, 0.5) is 4.39 Å². The third-order valence-corrected chi connectivity index (χ3v) is 6.40. The Labute approximate surface area is 197 Å². The van der Waals surface area contributed by atoms with E-state index in [0.717, 1.165) is 5.56 Å². The molecule has 0 fully saturated rings. The molecule has 0 radical (unpaired) electrons. The SMILES string of the molecule is Cc1ccc(C(=O)NNC(=O)C(C)Oc2ccccc2F)cc1S(=O)(=O)NCc1ccccc1. The van der Waals surface area contributed by atoms with Crippen molar-refractivity contribution in [3.63, 3.8) is 0 Å². The fourth-order valence-electron chi connectivity index (χ4n) is 2.96. The van der Waals surface area contributed by atoms with Crippen molar-refractivity contribution >= 4 is 21.8 Å².